The van der Waals surface area contributed by atoms with Crippen LogP contribution in [0.3, 0.4) is 0 Å². The molecule has 104 heavy (non-hydrogen) atoms. The molecular formula is C85H148O17P2. The molecule has 0 bridgehead atoms. The Kier molecular flexibility index (Phi) is 73.7. The van der Waals surface area contributed by atoms with Gasteiger partial charge in [0, 0.05) is 25.7 Å². The number of unbranched alkanes of at least 4 members (excludes halogenated alkanes) is 33. The number of phosphoric acid groups is 2. The van der Waals surface area contributed by atoms with E-state index in [2.05, 4.69) is 137 Å². The van der Waals surface area contributed by atoms with Crippen LogP contribution in [0.25, 0.3) is 0 Å². The summed E-state index contributed by atoms with van der Waals surface area (Å²) in [6.07, 6.45) is 83.4. The monoisotopic (exact) mass is 1500 g/mol. The molecule has 0 fully saturated rings. The number of aliphatic hydroxyl groups is 1. The van der Waals surface area contributed by atoms with Crippen molar-refractivity contribution >= 4 is 39.5 Å². The van der Waals surface area contributed by atoms with Crippen molar-refractivity contribution in [2.24, 2.45) is 0 Å². The third-order valence-electron chi connectivity index (χ3n) is 17.2. The van der Waals surface area contributed by atoms with Crippen LogP contribution in [0.4, 0.5) is 0 Å². The molecule has 5 unspecified atom stereocenters. The molecule has 0 aliphatic rings. The Morgan fingerprint density at radius 1 is 0.279 bits per heavy atom. The zero-order chi connectivity index (χ0) is 76.0. The van der Waals surface area contributed by atoms with E-state index in [4.69, 9.17) is 37.0 Å². The van der Waals surface area contributed by atoms with Gasteiger partial charge < -0.3 is 33.8 Å². The number of hydrogen-bond acceptors (Lipinski definition) is 15. The van der Waals surface area contributed by atoms with Crippen LogP contribution >= 0.6 is 15.6 Å². The van der Waals surface area contributed by atoms with Crippen molar-refractivity contribution in [3.63, 3.8) is 0 Å². The second kappa shape index (κ2) is 76.9. The Hall–Kier alpha value is -4.28. The second-order valence-corrected chi connectivity index (χ2v) is 30.2. The summed E-state index contributed by atoms with van der Waals surface area (Å²) in [7, 11) is -9.97. The van der Waals surface area contributed by atoms with E-state index < -0.39 is 97.5 Å². The van der Waals surface area contributed by atoms with Crippen molar-refractivity contribution < 1.29 is 80.2 Å². The molecule has 0 aromatic carbocycles. The van der Waals surface area contributed by atoms with E-state index in [0.717, 1.165) is 180 Å². The highest BCUT2D eigenvalue weighted by molar-refractivity contribution is 7.47. The smallest absolute Gasteiger partial charge is 0.462 e. The average Bonchev–Trinajstić information content (AvgIpc) is 0.911. The van der Waals surface area contributed by atoms with E-state index in [1.54, 1.807) is 0 Å². The molecule has 0 aliphatic heterocycles. The number of hydrogen-bond donors (Lipinski definition) is 3. The van der Waals surface area contributed by atoms with E-state index in [1.165, 1.54) is 89.9 Å². The van der Waals surface area contributed by atoms with Crippen molar-refractivity contribution in [3.05, 3.63) is 109 Å². The van der Waals surface area contributed by atoms with Crippen molar-refractivity contribution in [1.29, 1.82) is 0 Å². The fraction of sp³-hybridized carbons (Fsp3) is 0.741. The summed E-state index contributed by atoms with van der Waals surface area (Å²) in [4.78, 5) is 73.1. The second-order valence-electron chi connectivity index (χ2n) is 27.3. The minimum Gasteiger partial charge on any atom is -0.462 e. The maximum absolute atomic E-state index is 13.1. The van der Waals surface area contributed by atoms with Crippen LogP contribution in [0.5, 0.6) is 0 Å². The lowest BCUT2D eigenvalue weighted by molar-refractivity contribution is -0.161. The van der Waals surface area contributed by atoms with Crippen LogP contribution in [-0.4, -0.2) is 96.7 Å². The van der Waals surface area contributed by atoms with Gasteiger partial charge >= 0.3 is 39.5 Å². The predicted octanol–water partition coefficient (Wildman–Crippen LogP) is 24.1. The largest absolute Gasteiger partial charge is 0.472 e. The first kappa shape index (κ1) is 99.7. The zero-order valence-electron chi connectivity index (χ0n) is 65.7. The van der Waals surface area contributed by atoms with Gasteiger partial charge in [-0.25, -0.2) is 9.13 Å². The van der Waals surface area contributed by atoms with Gasteiger partial charge in [0.05, 0.1) is 26.4 Å². The first-order valence-electron chi connectivity index (χ1n) is 41.1. The molecule has 17 nitrogen and oxygen atoms in total. The fourth-order valence-electron chi connectivity index (χ4n) is 11.0. The summed E-state index contributed by atoms with van der Waals surface area (Å²) in [6.45, 7) is 4.63. The predicted molar refractivity (Wildman–Crippen MR) is 427 cm³/mol. The lowest BCUT2D eigenvalue weighted by Gasteiger charge is -2.21. The van der Waals surface area contributed by atoms with E-state index in [0.29, 0.717) is 25.7 Å². The van der Waals surface area contributed by atoms with Crippen molar-refractivity contribution in [2.75, 3.05) is 39.6 Å². The molecular weight excluding hydrogens is 1350 g/mol. The van der Waals surface area contributed by atoms with Gasteiger partial charge in [0.15, 0.2) is 12.2 Å². The number of phosphoric ester groups is 2. The number of rotatable bonds is 77. The average molecular weight is 1500 g/mol. The quantitative estimate of drug-likeness (QED) is 0.0169. The van der Waals surface area contributed by atoms with Crippen molar-refractivity contribution in [3.8, 4) is 0 Å². The van der Waals surface area contributed by atoms with Gasteiger partial charge in [-0.3, -0.25) is 37.3 Å². The Morgan fingerprint density at radius 3 is 0.788 bits per heavy atom. The van der Waals surface area contributed by atoms with Gasteiger partial charge in [-0.05, 0) is 128 Å². The maximum Gasteiger partial charge on any atom is 0.472 e. The molecule has 0 aromatic rings. The highest BCUT2D eigenvalue weighted by Crippen LogP contribution is 2.45. The summed E-state index contributed by atoms with van der Waals surface area (Å²) in [5.41, 5.74) is 0. The Bertz CT molecular complexity index is 2390. The lowest BCUT2D eigenvalue weighted by Crippen LogP contribution is -2.30. The van der Waals surface area contributed by atoms with Gasteiger partial charge in [-0.2, -0.15) is 0 Å². The third kappa shape index (κ3) is 75.9. The zero-order valence-corrected chi connectivity index (χ0v) is 67.5. The molecule has 5 atom stereocenters. The lowest BCUT2D eigenvalue weighted by atomic mass is 10.0. The highest BCUT2D eigenvalue weighted by Gasteiger charge is 2.30. The van der Waals surface area contributed by atoms with Crippen LogP contribution in [0.1, 0.15) is 349 Å². The number of carbonyl (C=O) groups excluding carboxylic acids is 4. The maximum atomic E-state index is 13.1. The first-order valence-corrected chi connectivity index (χ1v) is 44.1. The topological polar surface area (TPSA) is 237 Å². The van der Waals surface area contributed by atoms with Crippen LogP contribution in [0.15, 0.2) is 109 Å². The van der Waals surface area contributed by atoms with Crippen molar-refractivity contribution in [2.45, 2.75) is 367 Å². The summed E-state index contributed by atoms with van der Waals surface area (Å²) in [5, 5.41) is 10.7. The molecule has 0 amide bonds. The minimum atomic E-state index is -4.98. The van der Waals surface area contributed by atoms with Crippen LogP contribution in [0, 0.1) is 0 Å². The SMILES string of the molecule is CC/C=C\C/C=C\C/C=C\C/C=C\CCCCCCCCC(=O)OCC(COP(=O)(O)OCC(O)COP(=O)(O)OCC(COC(=O)CCCCCC/C=C\C/C=C\C/C=C\C/C=C\CC)OC(=O)CCCCCCC/C=C\CCCCCC)OC(=O)CCCCCCCCCCCCCCCCC. The number of ether oxygens (including phenoxy) is 4. The highest BCUT2D eigenvalue weighted by atomic mass is 31.2. The standard InChI is InChI=1S/C85H148O17P2/c1-5-9-13-17-21-25-29-33-36-38-39-41-44-47-50-54-58-62-66-70-83(88)96-76-81(102-85(90)72-68-64-60-56-52-48-42-35-31-27-23-19-15-11-7-3)78-100-104(93,94)98-74-79(86)73-97-103(91,92)99-77-80(101-84(89)71-67-63-59-55-51-45-32-28-24-20-16-12-8-4)75-95-82(87)69-65-61-57-53-49-46-43-40-37-34-30-26-22-18-14-10-6-2/h9-10,13-14,21-22,25-26,28,32-34,36-37,39,41,43,46,79-81,86H,5-8,11-12,15-20,23-24,27,29-31,35,38,40,42,44-45,47-78H2,1-4H3,(H,91,92)(H,93,94)/b13-9-,14-10-,25-21-,26-22-,32-28-,36-33-,37-34-,41-39-,46-43-. The molecule has 0 spiro atoms. The van der Waals surface area contributed by atoms with Gasteiger partial charge in [0.1, 0.15) is 19.3 Å². The third-order valence-corrected chi connectivity index (χ3v) is 19.1. The van der Waals surface area contributed by atoms with Gasteiger partial charge in [0.2, 0.25) is 0 Å². The van der Waals surface area contributed by atoms with Crippen molar-refractivity contribution in [1.82, 2.24) is 0 Å². The summed E-state index contributed by atoms with van der Waals surface area (Å²) in [5.74, 6) is -2.21. The van der Waals surface area contributed by atoms with E-state index in [1.807, 2.05) is 0 Å². The van der Waals surface area contributed by atoms with Gasteiger partial charge in [-0.15, -0.1) is 0 Å². The first-order chi connectivity index (χ1) is 50.7. The molecule has 600 valence electrons. The van der Waals surface area contributed by atoms with Crippen LogP contribution < -0.4 is 0 Å². The number of aliphatic hydroxyl groups excluding tert-OH is 1. The van der Waals surface area contributed by atoms with Crippen LogP contribution in [0.2, 0.25) is 0 Å². The molecule has 0 saturated carbocycles. The summed E-state index contributed by atoms with van der Waals surface area (Å²) >= 11 is 0. The number of carbonyl (C=O) groups is 4. The molecule has 0 saturated heterocycles. The summed E-state index contributed by atoms with van der Waals surface area (Å²) < 4.78 is 68.7. The normalized spacial score (nSPS) is 14.4. The van der Waals surface area contributed by atoms with E-state index in [-0.39, 0.29) is 25.7 Å². The molecule has 0 radical (unpaired) electrons. The number of allylic oxidation sites excluding steroid dienone is 18. The van der Waals surface area contributed by atoms with Gasteiger partial charge in [0.25, 0.3) is 0 Å². The van der Waals surface area contributed by atoms with Crippen LogP contribution in [-0.2, 0) is 65.4 Å². The molecule has 3 N–H and O–H groups in total. The molecule has 0 aliphatic carbocycles. The Balaban J connectivity index is 5.36. The molecule has 0 aromatic heterocycles. The fourth-order valence-corrected chi connectivity index (χ4v) is 12.6. The molecule has 19 heteroatoms. The van der Waals surface area contributed by atoms with E-state index in [9.17, 15) is 43.2 Å². The van der Waals surface area contributed by atoms with E-state index >= 15 is 0 Å². The minimum absolute atomic E-state index is 0.0790. The molecule has 0 heterocycles. The summed E-state index contributed by atoms with van der Waals surface area (Å²) in [6, 6.07) is 0. The Morgan fingerprint density at radius 2 is 0.500 bits per heavy atom. The molecule has 0 rings (SSSR count). The Labute approximate surface area is 632 Å². The van der Waals surface area contributed by atoms with Gasteiger partial charge in [-0.1, -0.05) is 304 Å². The number of esters is 4.